The summed E-state index contributed by atoms with van der Waals surface area (Å²) in [6.07, 6.45) is -0.823. The molecule has 84 valence electrons. The molecule has 1 nitrogen and oxygen atoms in total. The van der Waals surface area contributed by atoms with Gasteiger partial charge in [-0.2, -0.15) is 0 Å². The van der Waals surface area contributed by atoms with Crippen LogP contribution in [-0.4, -0.2) is 25.4 Å². The summed E-state index contributed by atoms with van der Waals surface area (Å²) in [7, 11) is 1.47. The minimum atomic E-state index is -4.73. The zero-order valence-corrected chi connectivity index (χ0v) is 9.85. The molecule has 0 amide bonds. The van der Waals surface area contributed by atoms with Gasteiger partial charge in [0.25, 0.3) is 0 Å². The molecule has 0 unspecified atom stereocenters. The topological polar surface area (TPSA) is 3.24 Å². The zero-order valence-electron chi connectivity index (χ0n) is 8.26. The summed E-state index contributed by atoms with van der Waals surface area (Å²) in [5, 5.41) is 0. The molecule has 0 aliphatic carbocycles. The highest BCUT2D eigenvalue weighted by atomic mass is 79.9. The summed E-state index contributed by atoms with van der Waals surface area (Å²) < 4.78 is 37.2. The summed E-state index contributed by atoms with van der Waals surface area (Å²) in [4.78, 5) is 1.27. The second-order valence-electron chi connectivity index (χ2n) is 3.53. The van der Waals surface area contributed by atoms with E-state index in [1.54, 1.807) is 0 Å². The second-order valence-corrected chi connectivity index (χ2v) is 4.45. The van der Waals surface area contributed by atoms with Crippen molar-refractivity contribution in [3.05, 3.63) is 34.3 Å². The SMILES string of the molecule is CN(Cc1ccc(Br)cc1)C[B-](F)(F)F. The van der Waals surface area contributed by atoms with E-state index in [2.05, 4.69) is 15.9 Å². The third-order valence-corrected chi connectivity index (χ3v) is 2.41. The predicted molar refractivity (Wildman–Crippen MR) is 59.6 cm³/mol. The van der Waals surface area contributed by atoms with E-state index in [0.29, 0.717) is 6.54 Å². The Morgan fingerprint density at radius 2 is 1.73 bits per heavy atom. The Kier molecular flexibility index (Phi) is 4.22. The largest absolute Gasteiger partial charge is 0.492 e. The number of rotatable bonds is 4. The smallest absolute Gasteiger partial charge is 0.448 e. The van der Waals surface area contributed by atoms with Crippen molar-refractivity contribution in [3.63, 3.8) is 0 Å². The van der Waals surface area contributed by atoms with Crippen LogP contribution in [0.5, 0.6) is 0 Å². The van der Waals surface area contributed by atoms with Gasteiger partial charge in [-0.3, -0.25) is 0 Å². The number of hydrogen-bond donors (Lipinski definition) is 0. The molecule has 15 heavy (non-hydrogen) atoms. The van der Waals surface area contributed by atoms with E-state index in [-0.39, 0.29) is 0 Å². The van der Waals surface area contributed by atoms with E-state index >= 15 is 0 Å². The van der Waals surface area contributed by atoms with Crippen molar-refractivity contribution in [2.75, 3.05) is 13.5 Å². The van der Waals surface area contributed by atoms with Crippen molar-refractivity contribution in [1.82, 2.24) is 4.90 Å². The van der Waals surface area contributed by atoms with E-state index in [9.17, 15) is 12.9 Å². The Morgan fingerprint density at radius 1 is 1.20 bits per heavy atom. The van der Waals surface area contributed by atoms with Gasteiger partial charge < -0.3 is 17.8 Å². The van der Waals surface area contributed by atoms with E-state index in [1.807, 2.05) is 24.3 Å². The van der Waals surface area contributed by atoms with Crippen molar-refractivity contribution < 1.29 is 12.9 Å². The Labute approximate surface area is 95.5 Å². The quantitative estimate of drug-likeness (QED) is 0.765. The third kappa shape index (κ3) is 5.23. The first-order valence-electron chi connectivity index (χ1n) is 4.51. The Hall–Kier alpha value is -0.485. The molecule has 0 aliphatic heterocycles. The molecule has 0 fully saturated rings. The molecule has 0 N–H and O–H groups in total. The molecular formula is C9H11BBrF3N-. The highest BCUT2D eigenvalue weighted by Crippen LogP contribution is 2.14. The maximum Gasteiger partial charge on any atom is 0.492 e. The van der Waals surface area contributed by atoms with E-state index in [4.69, 9.17) is 0 Å². The average molecular weight is 281 g/mol. The third-order valence-electron chi connectivity index (χ3n) is 1.88. The van der Waals surface area contributed by atoms with Gasteiger partial charge in [0.05, 0.1) is 0 Å². The standard InChI is InChI=1S/C9H11BBrF3N/c1-15(7-10(12,13)14)6-8-2-4-9(11)5-3-8/h2-5H,6-7H2,1H3/q-1. The highest BCUT2D eigenvalue weighted by molar-refractivity contribution is 9.10. The van der Waals surface area contributed by atoms with Crippen LogP contribution in [0.3, 0.4) is 0 Å². The van der Waals surface area contributed by atoms with E-state index in [1.165, 1.54) is 11.9 Å². The Morgan fingerprint density at radius 3 is 2.20 bits per heavy atom. The summed E-state index contributed by atoms with van der Waals surface area (Å²) in [6.45, 7) is -4.42. The van der Waals surface area contributed by atoms with Gasteiger partial charge in [0.1, 0.15) is 0 Å². The first-order valence-corrected chi connectivity index (χ1v) is 5.30. The molecule has 0 spiro atoms. The molecule has 0 radical (unpaired) electrons. The first kappa shape index (κ1) is 12.6. The molecule has 0 saturated heterocycles. The molecule has 0 bridgehead atoms. The van der Waals surface area contributed by atoms with Gasteiger partial charge >= 0.3 is 6.98 Å². The van der Waals surface area contributed by atoms with Crippen LogP contribution in [0.2, 0.25) is 0 Å². The molecule has 1 aromatic rings. The van der Waals surface area contributed by atoms with Crippen molar-refractivity contribution in [2.24, 2.45) is 0 Å². The van der Waals surface area contributed by atoms with Crippen LogP contribution in [0.15, 0.2) is 28.7 Å². The summed E-state index contributed by atoms with van der Waals surface area (Å²) in [5.74, 6) is 0. The predicted octanol–water partition coefficient (Wildman–Crippen LogP) is 3.27. The molecule has 0 aliphatic rings. The van der Waals surface area contributed by atoms with Crippen LogP contribution < -0.4 is 0 Å². The van der Waals surface area contributed by atoms with Gasteiger partial charge in [0, 0.05) is 11.0 Å². The fourth-order valence-corrected chi connectivity index (χ4v) is 1.58. The van der Waals surface area contributed by atoms with Crippen LogP contribution in [0.1, 0.15) is 5.56 Å². The number of halogens is 4. The summed E-state index contributed by atoms with van der Waals surface area (Å²) in [6, 6.07) is 7.26. The van der Waals surface area contributed by atoms with Gasteiger partial charge in [0.15, 0.2) is 0 Å². The molecule has 6 heteroatoms. The lowest BCUT2D eigenvalue weighted by Crippen LogP contribution is -2.34. The van der Waals surface area contributed by atoms with Crippen LogP contribution >= 0.6 is 15.9 Å². The molecule has 0 aromatic heterocycles. The Balaban J connectivity index is 2.51. The fourth-order valence-electron chi connectivity index (χ4n) is 1.32. The minimum absolute atomic E-state index is 0.314. The minimum Gasteiger partial charge on any atom is -0.448 e. The molecule has 1 rings (SSSR count). The number of hydrogen-bond acceptors (Lipinski definition) is 1. The van der Waals surface area contributed by atoms with E-state index in [0.717, 1.165) is 10.0 Å². The Bertz CT molecular complexity index is 312. The maximum absolute atomic E-state index is 12.1. The van der Waals surface area contributed by atoms with Crippen molar-refractivity contribution in [3.8, 4) is 0 Å². The van der Waals surface area contributed by atoms with Crippen molar-refractivity contribution in [2.45, 2.75) is 6.54 Å². The molecule has 1 aromatic carbocycles. The summed E-state index contributed by atoms with van der Waals surface area (Å²) >= 11 is 3.27. The highest BCUT2D eigenvalue weighted by Gasteiger charge is 2.24. The van der Waals surface area contributed by atoms with Crippen LogP contribution in [0.25, 0.3) is 0 Å². The monoisotopic (exact) mass is 280 g/mol. The van der Waals surface area contributed by atoms with Crippen molar-refractivity contribution in [1.29, 1.82) is 0 Å². The van der Waals surface area contributed by atoms with Crippen LogP contribution in [-0.2, 0) is 6.54 Å². The molecule has 0 atom stereocenters. The lowest BCUT2D eigenvalue weighted by atomic mass is 9.91. The lowest BCUT2D eigenvalue weighted by Gasteiger charge is -2.23. The van der Waals surface area contributed by atoms with Gasteiger partial charge in [-0.25, -0.2) is 0 Å². The first-order chi connectivity index (χ1) is 6.87. The second kappa shape index (κ2) is 5.03. The number of nitrogens with zero attached hydrogens (tertiary/aromatic N) is 1. The van der Waals surface area contributed by atoms with Gasteiger partial charge in [0.2, 0.25) is 0 Å². The van der Waals surface area contributed by atoms with Crippen LogP contribution in [0.4, 0.5) is 12.9 Å². The maximum atomic E-state index is 12.1. The molecule has 0 heterocycles. The normalized spacial score (nSPS) is 12.1. The van der Waals surface area contributed by atoms with Crippen molar-refractivity contribution >= 4 is 22.9 Å². The van der Waals surface area contributed by atoms with Crippen LogP contribution in [0, 0.1) is 0 Å². The van der Waals surface area contributed by atoms with Gasteiger partial charge in [-0.05, 0) is 31.2 Å². The van der Waals surface area contributed by atoms with E-state index < -0.39 is 13.4 Å². The average Bonchev–Trinajstić information content (AvgIpc) is 2.05. The lowest BCUT2D eigenvalue weighted by molar-refractivity contribution is 0.322. The fraction of sp³-hybridized carbons (Fsp3) is 0.333. The number of benzene rings is 1. The van der Waals surface area contributed by atoms with Gasteiger partial charge in [-0.15, -0.1) is 0 Å². The molecular weight excluding hydrogens is 270 g/mol. The summed E-state index contributed by atoms with van der Waals surface area (Å²) in [5.41, 5.74) is 0.876. The zero-order chi connectivity index (χ0) is 11.5. The molecule has 0 saturated carbocycles. The van der Waals surface area contributed by atoms with Gasteiger partial charge in [-0.1, -0.05) is 28.1 Å².